The van der Waals surface area contributed by atoms with Crippen LogP contribution in [0.2, 0.25) is 0 Å². The molecule has 0 aliphatic carbocycles. The van der Waals surface area contributed by atoms with Gasteiger partial charge in [-0.3, -0.25) is 9.36 Å². The lowest BCUT2D eigenvalue weighted by atomic mass is 10.3. The largest absolute Gasteiger partial charge is 0.481 e. The van der Waals surface area contributed by atoms with Crippen LogP contribution in [0.4, 0.5) is 0 Å². The summed E-state index contributed by atoms with van der Waals surface area (Å²) in [6.45, 7) is 0.856. The van der Waals surface area contributed by atoms with E-state index in [-0.39, 0.29) is 5.75 Å². The second-order valence-corrected chi connectivity index (χ2v) is 5.75. The van der Waals surface area contributed by atoms with Gasteiger partial charge in [-0.15, -0.1) is 10.2 Å². The predicted molar refractivity (Wildman–Crippen MR) is 82.0 cm³/mol. The van der Waals surface area contributed by atoms with E-state index in [1.807, 2.05) is 49.0 Å². The van der Waals surface area contributed by atoms with Crippen LogP contribution < -0.4 is 0 Å². The minimum atomic E-state index is -0.863. The Bertz CT molecular complexity index is 598. The molecule has 0 unspecified atom stereocenters. The summed E-state index contributed by atoms with van der Waals surface area (Å²) in [7, 11) is 4.01. The quantitative estimate of drug-likeness (QED) is 0.783. The van der Waals surface area contributed by atoms with E-state index >= 15 is 0 Å². The molecular formula is C14H18N4O2S. The van der Waals surface area contributed by atoms with Crippen LogP contribution in [0.1, 0.15) is 5.82 Å². The third-order valence-electron chi connectivity index (χ3n) is 2.82. The molecule has 112 valence electrons. The van der Waals surface area contributed by atoms with E-state index in [2.05, 4.69) is 15.1 Å². The smallest absolute Gasteiger partial charge is 0.313 e. The second kappa shape index (κ2) is 7.24. The molecule has 1 N–H and O–H groups in total. The third-order valence-corrected chi connectivity index (χ3v) is 3.74. The zero-order valence-electron chi connectivity index (χ0n) is 12.1. The first-order chi connectivity index (χ1) is 10.1. The number of hydrogen-bond acceptors (Lipinski definition) is 5. The number of rotatable bonds is 7. The van der Waals surface area contributed by atoms with Crippen molar-refractivity contribution in [3.05, 3.63) is 36.2 Å². The maximum atomic E-state index is 10.8. The zero-order valence-corrected chi connectivity index (χ0v) is 12.9. The van der Waals surface area contributed by atoms with Gasteiger partial charge >= 0.3 is 5.97 Å². The van der Waals surface area contributed by atoms with Crippen molar-refractivity contribution < 1.29 is 9.90 Å². The molecule has 0 aliphatic heterocycles. The van der Waals surface area contributed by atoms with Crippen LogP contribution in [0.3, 0.4) is 0 Å². The summed E-state index contributed by atoms with van der Waals surface area (Å²) in [6, 6.07) is 9.76. The minimum absolute atomic E-state index is 0.0291. The molecule has 0 amide bonds. The summed E-state index contributed by atoms with van der Waals surface area (Å²) in [5.41, 5.74) is 0.948. The van der Waals surface area contributed by atoms with Crippen LogP contribution in [0.5, 0.6) is 0 Å². The molecule has 0 aliphatic rings. The number of para-hydroxylation sites is 1. The van der Waals surface area contributed by atoms with Crippen molar-refractivity contribution in [1.29, 1.82) is 0 Å². The lowest BCUT2D eigenvalue weighted by Gasteiger charge is -2.12. The van der Waals surface area contributed by atoms with Crippen molar-refractivity contribution in [2.45, 2.75) is 11.6 Å². The molecule has 0 atom stereocenters. The van der Waals surface area contributed by atoms with Gasteiger partial charge in [0.1, 0.15) is 5.82 Å². The zero-order chi connectivity index (χ0) is 15.2. The number of carboxylic acid groups (broad SMARTS) is 1. The molecule has 1 heterocycles. The third kappa shape index (κ3) is 4.30. The van der Waals surface area contributed by atoms with Crippen molar-refractivity contribution in [2.75, 3.05) is 26.4 Å². The Hall–Kier alpha value is -1.86. The lowest BCUT2D eigenvalue weighted by Crippen LogP contribution is -2.17. The molecular weight excluding hydrogens is 288 g/mol. The van der Waals surface area contributed by atoms with Gasteiger partial charge in [0.05, 0.1) is 5.75 Å². The van der Waals surface area contributed by atoms with Gasteiger partial charge in [0.25, 0.3) is 0 Å². The van der Waals surface area contributed by atoms with E-state index < -0.39 is 5.97 Å². The highest BCUT2D eigenvalue weighted by Crippen LogP contribution is 2.22. The van der Waals surface area contributed by atoms with Gasteiger partial charge in [-0.2, -0.15) is 0 Å². The molecule has 0 saturated heterocycles. The summed E-state index contributed by atoms with van der Waals surface area (Å²) < 4.78 is 1.93. The number of likely N-dealkylation sites (N-methyl/N-ethyl adjacent to an activating group) is 1. The van der Waals surface area contributed by atoms with Gasteiger partial charge in [0.2, 0.25) is 0 Å². The normalized spacial score (nSPS) is 11.0. The summed E-state index contributed by atoms with van der Waals surface area (Å²) >= 11 is 1.18. The van der Waals surface area contributed by atoms with Gasteiger partial charge in [-0.05, 0) is 26.2 Å². The van der Waals surface area contributed by atoms with E-state index in [0.29, 0.717) is 5.16 Å². The van der Waals surface area contributed by atoms with Crippen molar-refractivity contribution in [1.82, 2.24) is 19.7 Å². The Labute approximate surface area is 127 Å². The average molecular weight is 306 g/mol. The second-order valence-electron chi connectivity index (χ2n) is 4.81. The van der Waals surface area contributed by atoms with Crippen molar-refractivity contribution in [3.63, 3.8) is 0 Å². The summed E-state index contributed by atoms with van der Waals surface area (Å²) in [4.78, 5) is 12.8. The minimum Gasteiger partial charge on any atom is -0.481 e. The highest BCUT2D eigenvalue weighted by Gasteiger charge is 2.15. The highest BCUT2D eigenvalue weighted by atomic mass is 32.2. The number of aromatic nitrogens is 3. The standard InChI is InChI=1S/C14H18N4O2S/c1-17(2)9-8-12-15-16-14(21-10-13(19)20)18(12)11-6-4-3-5-7-11/h3-7H,8-10H2,1-2H3,(H,19,20). The van der Waals surface area contributed by atoms with E-state index in [1.165, 1.54) is 11.8 Å². The highest BCUT2D eigenvalue weighted by molar-refractivity contribution is 7.99. The molecule has 0 bridgehead atoms. The SMILES string of the molecule is CN(C)CCc1nnc(SCC(=O)O)n1-c1ccccc1. The Morgan fingerprint density at radius 3 is 2.62 bits per heavy atom. The van der Waals surface area contributed by atoms with E-state index in [9.17, 15) is 4.79 Å². The molecule has 2 aromatic rings. The Balaban J connectivity index is 2.31. The maximum absolute atomic E-state index is 10.8. The van der Waals surface area contributed by atoms with Crippen LogP contribution in [-0.2, 0) is 11.2 Å². The monoisotopic (exact) mass is 306 g/mol. The van der Waals surface area contributed by atoms with Gasteiger partial charge < -0.3 is 10.0 Å². The summed E-state index contributed by atoms with van der Waals surface area (Å²) in [5.74, 6) is -0.0567. The first kappa shape index (κ1) is 15.5. The molecule has 7 heteroatoms. The number of thioether (sulfide) groups is 1. The Morgan fingerprint density at radius 1 is 1.29 bits per heavy atom. The van der Waals surface area contributed by atoms with Crippen LogP contribution in [0.25, 0.3) is 5.69 Å². The number of carbonyl (C=O) groups is 1. The summed E-state index contributed by atoms with van der Waals surface area (Å²) in [6.07, 6.45) is 0.753. The molecule has 0 radical (unpaired) electrons. The number of carboxylic acids is 1. The molecule has 0 saturated carbocycles. The van der Waals surface area contributed by atoms with Crippen LogP contribution >= 0.6 is 11.8 Å². The van der Waals surface area contributed by atoms with E-state index in [1.54, 1.807) is 0 Å². The molecule has 6 nitrogen and oxygen atoms in total. The van der Waals surface area contributed by atoms with Gasteiger partial charge in [0.15, 0.2) is 5.16 Å². The fourth-order valence-electron chi connectivity index (χ4n) is 1.84. The van der Waals surface area contributed by atoms with Gasteiger partial charge in [-0.25, -0.2) is 0 Å². The first-order valence-corrected chi connectivity index (χ1v) is 7.55. The first-order valence-electron chi connectivity index (χ1n) is 6.57. The van der Waals surface area contributed by atoms with Crippen LogP contribution in [-0.4, -0.2) is 57.1 Å². The van der Waals surface area contributed by atoms with Crippen LogP contribution in [0.15, 0.2) is 35.5 Å². The van der Waals surface area contributed by atoms with Crippen molar-refractivity contribution >= 4 is 17.7 Å². The molecule has 1 aromatic carbocycles. The Kier molecular flexibility index (Phi) is 5.35. The maximum Gasteiger partial charge on any atom is 0.313 e. The topological polar surface area (TPSA) is 71.2 Å². The molecule has 2 rings (SSSR count). The van der Waals surface area contributed by atoms with E-state index in [0.717, 1.165) is 24.5 Å². The number of hydrogen-bond donors (Lipinski definition) is 1. The number of benzene rings is 1. The number of aliphatic carboxylic acids is 1. The van der Waals surface area contributed by atoms with Gasteiger partial charge in [0, 0.05) is 18.7 Å². The molecule has 21 heavy (non-hydrogen) atoms. The Morgan fingerprint density at radius 2 is 2.00 bits per heavy atom. The van der Waals surface area contributed by atoms with Crippen molar-refractivity contribution in [2.24, 2.45) is 0 Å². The van der Waals surface area contributed by atoms with Crippen LogP contribution in [0, 0.1) is 0 Å². The fraction of sp³-hybridized carbons (Fsp3) is 0.357. The van der Waals surface area contributed by atoms with E-state index in [4.69, 9.17) is 5.11 Å². The van der Waals surface area contributed by atoms with Crippen molar-refractivity contribution in [3.8, 4) is 5.69 Å². The molecule has 0 spiro atoms. The fourth-order valence-corrected chi connectivity index (χ4v) is 2.53. The average Bonchev–Trinajstić information content (AvgIpc) is 2.86. The van der Waals surface area contributed by atoms with Gasteiger partial charge in [-0.1, -0.05) is 30.0 Å². The predicted octanol–water partition coefficient (Wildman–Crippen LogP) is 1.55. The lowest BCUT2D eigenvalue weighted by molar-refractivity contribution is -0.133. The summed E-state index contributed by atoms with van der Waals surface area (Å²) in [5, 5.41) is 17.8. The molecule has 1 aromatic heterocycles. The molecule has 0 fully saturated rings. The number of nitrogens with zero attached hydrogens (tertiary/aromatic N) is 4.